The van der Waals surface area contributed by atoms with Crippen LogP contribution in [0.5, 0.6) is 11.5 Å². The molecule has 2 rings (SSSR count). The van der Waals surface area contributed by atoms with Crippen LogP contribution < -0.4 is 14.8 Å². The molecule has 1 aromatic rings. The lowest BCUT2D eigenvalue weighted by Gasteiger charge is -2.34. The molecule has 126 valence electrons. The van der Waals surface area contributed by atoms with Gasteiger partial charge in [-0.3, -0.25) is 4.79 Å². The minimum absolute atomic E-state index is 0.0474. The van der Waals surface area contributed by atoms with Crippen molar-refractivity contribution in [2.45, 2.75) is 39.2 Å². The first-order valence-electron chi connectivity index (χ1n) is 8.25. The Bertz CT molecular complexity index is 568. The Labute approximate surface area is 138 Å². The molecule has 4 nitrogen and oxygen atoms in total. The molecule has 1 aliphatic rings. The second-order valence-corrected chi connectivity index (χ2v) is 6.32. The number of hydrogen-bond donors (Lipinski definition) is 1. The van der Waals surface area contributed by atoms with Crippen LogP contribution in [-0.2, 0) is 4.79 Å². The lowest BCUT2D eigenvalue weighted by atomic mass is 9.78. The summed E-state index contributed by atoms with van der Waals surface area (Å²) in [6.45, 7) is 4.49. The van der Waals surface area contributed by atoms with E-state index in [4.69, 9.17) is 9.47 Å². The summed E-state index contributed by atoms with van der Waals surface area (Å²) >= 11 is 0. The third-order valence-corrected chi connectivity index (χ3v) is 4.89. The highest BCUT2D eigenvalue weighted by Gasteiger charge is 2.27. The van der Waals surface area contributed by atoms with Crippen LogP contribution in [0.4, 0.5) is 0 Å². The van der Waals surface area contributed by atoms with Crippen molar-refractivity contribution in [2.75, 3.05) is 14.2 Å². The second-order valence-electron chi connectivity index (χ2n) is 6.32. The quantitative estimate of drug-likeness (QED) is 0.843. The van der Waals surface area contributed by atoms with E-state index in [9.17, 15) is 4.79 Å². The van der Waals surface area contributed by atoms with E-state index >= 15 is 0 Å². The van der Waals surface area contributed by atoms with Crippen molar-refractivity contribution >= 4 is 12.0 Å². The van der Waals surface area contributed by atoms with Crippen molar-refractivity contribution in [1.29, 1.82) is 0 Å². The van der Waals surface area contributed by atoms with Gasteiger partial charge in [0.25, 0.3) is 0 Å². The molecule has 0 saturated heterocycles. The Hall–Kier alpha value is -1.97. The van der Waals surface area contributed by atoms with Gasteiger partial charge in [0.15, 0.2) is 0 Å². The molecule has 1 saturated carbocycles. The minimum atomic E-state index is -0.0474. The van der Waals surface area contributed by atoms with E-state index in [1.807, 2.05) is 18.2 Å². The maximum atomic E-state index is 12.2. The average molecular weight is 317 g/mol. The summed E-state index contributed by atoms with van der Waals surface area (Å²) in [5, 5.41) is 3.14. The number of carbonyl (C=O) groups is 1. The van der Waals surface area contributed by atoms with Crippen LogP contribution in [0.1, 0.15) is 38.7 Å². The Morgan fingerprint density at radius 1 is 1.22 bits per heavy atom. The fourth-order valence-corrected chi connectivity index (χ4v) is 3.14. The SMILES string of the molecule is COc1ccc(/C=C/C(=O)N[C@H]2CCC[C@@H](C)[C@H]2C)c(OC)c1. The topological polar surface area (TPSA) is 47.6 Å². The molecule has 0 radical (unpaired) electrons. The first-order chi connectivity index (χ1) is 11.0. The van der Waals surface area contributed by atoms with Gasteiger partial charge in [-0.2, -0.15) is 0 Å². The molecule has 0 aromatic heterocycles. The van der Waals surface area contributed by atoms with Gasteiger partial charge in [0.1, 0.15) is 11.5 Å². The first-order valence-corrected chi connectivity index (χ1v) is 8.25. The summed E-state index contributed by atoms with van der Waals surface area (Å²) in [4.78, 5) is 12.2. The van der Waals surface area contributed by atoms with Gasteiger partial charge in [0, 0.05) is 23.7 Å². The number of carbonyl (C=O) groups excluding carboxylic acids is 1. The zero-order valence-corrected chi connectivity index (χ0v) is 14.5. The van der Waals surface area contributed by atoms with Crippen LogP contribution in [0.15, 0.2) is 24.3 Å². The monoisotopic (exact) mass is 317 g/mol. The summed E-state index contributed by atoms with van der Waals surface area (Å²) < 4.78 is 10.5. The number of ether oxygens (including phenoxy) is 2. The van der Waals surface area contributed by atoms with Crippen molar-refractivity contribution < 1.29 is 14.3 Å². The fraction of sp³-hybridized carbons (Fsp3) is 0.526. The Balaban J connectivity index is 2.01. The molecule has 1 N–H and O–H groups in total. The van der Waals surface area contributed by atoms with E-state index in [0.29, 0.717) is 17.6 Å². The summed E-state index contributed by atoms with van der Waals surface area (Å²) in [7, 11) is 3.22. The molecule has 0 heterocycles. The van der Waals surface area contributed by atoms with Crippen LogP contribution in [0.2, 0.25) is 0 Å². The summed E-state index contributed by atoms with van der Waals surface area (Å²) in [5.74, 6) is 2.56. The third kappa shape index (κ3) is 4.50. The standard InChI is InChI=1S/C19H27NO3/c1-13-6-5-7-17(14(13)2)20-19(21)11-9-15-8-10-16(22-3)12-18(15)23-4/h8-14,17H,5-7H2,1-4H3,(H,20,21)/b11-9+/t13-,14-,17+/m1/s1. The van der Waals surface area contributed by atoms with E-state index in [0.717, 1.165) is 17.7 Å². The van der Waals surface area contributed by atoms with Crippen LogP contribution >= 0.6 is 0 Å². The minimum Gasteiger partial charge on any atom is -0.497 e. The largest absolute Gasteiger partial charge is 0.497 e. The molecule has 1 fully saturated rings. The fourth-order valence-electron chi connectivity index (χ4n) is 3.14. The molecular formula is C19H27NO3. The molecular weight excluding hydrogens is 290 g/mol. The van der Waals surface area contributed by atoms with Gasteiger partial charge < -0.3 is 14.8 Å². The molecule has 0 spiro atoms. The number of methoxy groups -OCH3 is 2. The summed E-state index contributed by atoms with van der Waals surface area (Å²) in [6.07, 6.45) is 6.87. The lowest BCUT2D eigenvalue weighted by Crippen LogP contribution is -2.43. The maximum absolute atomic E-state index is 12.2. The maximum Gasteiger partial charge on any atom is 0.244 e. The molecule has 3 atom stereocenters. The Morgan fingerprint density at radius 2 is 2.00 bits per heavy atom. The summed E-state index contributed by atoms with van der Waals surface area (Å²) in [5.41, 5.74) is 0.855. The average Bonchev–Trinajstić information content (AvgIpc) is 2.57. The van der Waals surface area contributed by atoms with Gasteiger partial charge in [-0.15, -0.1) is 0 Å². The first kappa shape index (κ1) is 17.4. The van der Waals surface area contributed by atoms with E-state index in [2.05, 4.69) is 19.2 Å². The van der Waals surface area contributed by atoms with Gasteiger partial charge in [-0.25, -0.2) is 0 Å². The lowest BCUT2D eigenvalue weighted by molar-refractivity contribution is -0.117. The summed E-state index contributed by atoms with van der Waals surface area (Å²) in [6, 6.07) is 5.81. The van der Waals surface area contributed by atoms with E-state index in [1.54, 1.807) is 26.4 Å². The smallest absolute Gasteiger partial charge is 0.244 e. The number of benzene rings is 1. The van der Waals surface area contributed by atoms with Gasteiger partial charge >= 0.3 is 0 Å². The van der Waals surface area contributed by atoms with E-state index < -0.39 is 0 Å². The number of nitrogens with one attached hydrogen (secondary N) is 1. The predicted octanol–water partition coefficient (Wildman–Crippen LogP) is 3.66. The second kappa shape index (κ2) is 8.04. The van der Waals surface area contributed by atoms with Crippen molar-refractivity contribution in [3.63, 3.8) is 0 Å². The molecule has 0 unspecified atom stereocenters. The highest BCUT2D eigenvalue weighted by atomic mass is 16.5. The van der Waals surface area contributed by atoms with Crippen LogP contribution in [0.3, 0.4) is 0 Å². The van der Waals surface area contributed by atoms with E-state index in [1.165, 1.54) is 12.8 Å². The number of amides is 1. The molecule has 1 aliphatic carbocycles. The zero-order valence-electron chi connectivity index (χ0n) is 14.5. The van der Waals surface area contributed by atoms with Crippen LogP contribution in [-0.4, -0.2) is 26.2 Å². The van der Waals surface area contributed by atoms with Crippen molar-refractivity contribution in [2.24, 2.45) is 11.8 Å². The molecule has 0 aliphatic heterocycles. The van der Waals surface area contributed by atoms with Crippen molar-refractivity contribution in [3.8, 4) is 11.5 Å². The van der Waals surface area contributed by atoms with Gasteiger partial charge in [0.05, 0.1) is 14.2 Å². The zero-order chi connectivity index (χ0) is 16.8. The van der Waals surface area contributed by atoms with Crippen molar-refractivity contribution in [3.05, 3.63) is 29.8 Å². The van der Waals surface area contributed by atoms with Gasteiger partial charge in [0.2, 0.25) is 5.91 Å². The van der Waals surface area contributed by atoms with Crippen LogP contribution in [0, 0.1) is 11.8 Å². The molecule has 1 aromatic carbocycles. The predicted molar refractivity (Wildman–Crippen MR) is 92.7 cm³/mol. The molecule has 4 heteroatoms. The highest BCUT2D eigenvalue weighted by Crippen LogP contribution is 2.29. The van der Waals surface area contributed by atoms with E-state index in [-0.39, 0.29) is 11.9 Å². The molecule has 23 heavy (non-hydrogen) atoms. The van der Waals surface area contributed by atoms with Gasteiger partial charge in [-0.1, -0.05) is 26.7 Å². The normalized spacial score (nSPS) is 24.4. The Kier molecular flexibility index (Phi) is 6.08. The third-order valence-electron chi connectivity index (χ3n) is 4.89. The number of hydrogen-bond acceptors (Lipinski definition) is 3. The molecule has 1 amide bonds. The van der Waals surface area contributed by atoms with Crippen LogP contribution in [0.25, 0.3) is 6.08 Å². The Morgan fingerprint density at radius 3 is 2.70 bits per heavy atom. The number of rotatable bonds is 5. The molecule has 0 bridgehead atoms. The van der Waals surface area contributed by atoms with Gasteiger partial charge in [-0.05, 0) is 36.5 Å². The van der Waals surface area contributed by atoms with Crippen molar-refractivity contribution in [1.82, 2.24) is 5.32 Å². The highest BCUT2D eigenvalue weighted by molar-refractivity contribution is 5.92.